The van der Waals surface area contributed by atoms with Crippen molar-refractivity contribution < 1.29 is 9.90 Å². The van der Waals surface area contributed by atoms with E-state index in [1.54, 1.807) is 0 Å². The first-order valence-corrected chi connectivity index (χ1v) is 8.18. The summed E-state index contributed by atoms with van der Waals surface area (Å²) in [5, 5.41) is 15.3. The van der Waals surface area contributed by atoms with Gasteiger partial charge in [0.1, 0.15) is 0 Å². The monoisotopic (exact) mass is 282 g/mol. The van der Waals surface area contributed by atoms with Crippen LogP contribution >= 0.6 is 0 Å². The second-order valence-electron chi connectivity index (χ2n) is 7.33. The van der Waals surface area contributed by atoms with Gasteiger partial charge >= 0.3 is 6.03 Å². The number of hydrogen-bond acceptors (Lipinski definition) is 2. The van der Waals surface area contributed by atoms with Gasteiger partial charge in [0.2, 0.25) is 0 Å². The summed E-state index contributed by atoms with van der Waals surface area (Å²) in [6.45, 7) is 5.61. The van der Waals surface area contributed by atoms with E-state index >= 15 is 0 Å². The van der Waals surface area contributed by atoms with Crippen LogP contribution in [0.3, 0.4) is 0 Å². The number of amides is 2. The molecule has 2 saturated carbocycles. The van der Waals surface area contributed by atoms with Crippen LogP contribution < -0.4 is 10.6 Å². The van der Waals surface area contributed by atoms with E-state index in [1.165, 1.54) is 19.3 Å². The van der Waals surface area contributed by atoms with Crippen molar-refractivity contribution in [2.45, 2.75) is 64.8 Å². The molecule has 0 aromatic carbocycles. The second kappa shape index (κ2) is 6.79. The standard InChI is InChI=1S/C16H30N2O2/c1-12(2)9-16(7-8-16)11-17-15(20)18-14-5-3-13(10-19)4-6-14/h12-14,19H,3-11H2,1-2H3,(H2,17,18,20). The van der Waals surface area contributed by atoms with Crippen molar-refractivity contribution >= 4 is 6.03 Å². The third kappa shape index (κ3) is 4.65. The molecule has 0 aromatic rings. The van der Waals surface area contributed by atoms with E-state index in [0.717, 1.165) is 32.2 Å². The Morgan fingerprint density at radius 2 is 1.90 bits per heavy atom. The van der Waals surface area contributed by atoms with Gasteiger partial charge in [-0.3, -0.25) is 0 Å². The largest absolute Gasteiger partial charge is 0.396 e. The Kier molecular flexibility index (Phi) is 5.30. The van der Waals surface area contributed by atoms with E-state index in [0.29, 0.717) is 17.3 Å². The van der Waals surface area contributed by atoms with Gasteiger partial charge in [-0.2, -0.15) is 0 Å². The Morgan fingerprint density at radius 3 is 2.40 bits per heavy atom. The molecule has 0 radical (unpaired) electrons. The van der Waals surface area contributed by atoms with Gasteiger partial charge in [-0.25, -0.2) is 4.79 Å². The SMILES string of the molecule is CC(C)CC1(CNC(=O)NC2CCC(CO)CC2)CC1. The predicted octanol–water partition coefficient (Wildman–Crippen LogP) is 2.66. The summed E-state index contributed by atoms with van der Waals surface area (Å²) in [6, 6.07) is 0.283. The van der Waals surface area contributed by atoms with Crippen LogP contribution in [-0.4, -0.2) is 30.3 Å². The summed E-state index contributed by atoms with van der Waals surface area (Å²) >= 11 is 0. The van der Waals surface area contributed by atoms with Crippen LogP contribution in [0.5, 0.6) is 0 Å². The normalized spacial score (nSPS) is 28.2. The van der Waals surface area contributed by atoms with Gasteiger partial charge in [0.15, 0.2) is 0 Å². The lowest BCUT2D eigenvalue weighted by molar-refractivity contribution is 0.174. The molecule has 2 aliphatic rings. The van der Waals surface area contributed by atoms with E-state index in [1.807, 2.05) is 0 Å². The fourth-order valence-corrected chi connectivity index (χ4v) is 3.49. The predicted molar refractivity (Wildman–Crippen MR) is 80.5 cm³/mol. The van der Waals surface area contributed by atoms with E-state index in [-0.39, 0.29) is 18.7 Å². The van der Waals surface area contributed by atoms with Crippen LogP contribution in [0.25, 0.3) is 0 Å². The Bertz CT molecular complexity index is 318. The first-order chi connectivity index (χ1) is 9.53. The van der Waals surface area contributed by atoms with Crippen LogP contribution in [-0.2, 0) is 0 Å². The number of carbonyl (C=O) groups is 1. The maximum Gasteiger partial charge on any atom is 0.315 e. The molecule has 2 aliphatic carbocycles. The fourth-order valence-electron chi connectivity index (χ4n) is 3.49. The number of rotatable bonds is 6. The highest BCUT2D eigenvalue weighted by atomic mass is 16.3. The van der Waals surface area contributed by atoms with E-state index in [2.05, 4.69) is 24.5 Å². The molecular weight excluding hydrogens is 252 g/mol. The maximum absolute atomic E-state index is 12.0. The molecule has 2 amide bonds. The number of aliphatic hydroxyl groups is 1. The number of nitrogens with one attached hydrogen (secondary N) is 2. The molecule has 0 aliphatic heterocycles. The van der Waals surface area contributed by atoms with Crippen molar-refractivity contribution in [3.05, 3.63) is 0 Å². The van der Waals surface area contributed by atoms with Crippen molar-refractivity contribution in [2.24, 2.45) is 17.3 Å². The zero-order valence-electron chi connectivity index (χ0n) is 13.0. The highest BCUT2D eigenvalue weighted by Crippen LogP contribution is 2.49. The van der Waals surface area contributed by atoms with Gasteiger partial charge in [0, 0.05) is 19.2 Å². The Balaban J connectivity index is 1.64. The number of urea groups is 1. The van der Waals surface area contributed by atoms with Crippen LogP contribution in [0.4, 0.5) is 4.79 Å². The summed E-state index contributed by atoms with van der Waals surface area (Å²) in [5.74, 6) is 1.15. The molecule has 0 heterocycles. The Morgan fingerprint density at radius 1 is 1.25 bits per heavy atom. The lowest BCUT2D eigenvalue weighted by atomic mass is 9.87. The average molecular weight is 282 g/mol. The third-order valence-electron chi connectivity index (χ3n) is 4.86. The molecule has 0 aromatic heterocycles. The minimum Gasteiger partial charge on any atom is -0.396 e. The smallest absolute Gasteiger partial charge is 0.315 e. The minimum absolute atomic E-state index is 0.00696. The lowest BCUT2D eigenvalue weighted by Crippen LogP contribution is -2.45. The molecular formula is C16H30N2O2. The molecule has 0 unspecified atom stereocenters. The van der Waals surface area contributed by atoms with Crippen LogP contribution in [0, 0.1) is 17.3 Å². The molecule has 0 saturated heterocycles. The van der Waals surface area contributed by atoms with Gasteiger partial charge in [0.05, 0.1) is 0 Å². The number of aliphatic hydroxyl groups excluding tert-OH is 1. The summed E-state index contributed by atoms with van der Waals surface area (Å²) in [7, 11) is 0. The van der Waals surface area contributed by atoms with Crippen molar-refractivity contribution in [1.29, 1.82) is 0 Å². The van der Waals surface area contributed by atoms with Crippen molar-refractivity contribution in [3.63, 3.8) is 0 Å². The minimum atomic E-state index is -0.00696. The molecule has 0 bridgehead atoms. The summed E-state index contributed by atoms with van der Waals surface area (Å²) < 4.78 is 0. The Labute approximate surface area is 122 Å². The molecule has 3 N–H and O–H groups in total. The van der Waals surface area contributed by atoms with Crippen molar-refractivity contribution in [2.75, 3.05) is 13.2 Å². The molecule has 0 spiro atoms. The Hall–Kier alpha value is -0.770. The van der Waals surface area contributed by atoms with Crippen molar-refractivity contribution in [3.8, 4) is 0 Å². The highest BCUT2D eigenvalue weighted by molar-refractivity contribution is 5.74. The van der Waals surface area contributed by atoms with Gasteiger partial charge in [-0.1, -0.05) is 13.8 Å². The topological polar surface area (TPSA) is 61.4 Å². The molecule has 2 fully saturated rings. The summed E-state index contributed by atoms with van der Waals surface area (Å²) in [4.78, 5) is 12.0. The number of carbonyl (C=O) groups excluding carboxylic acids is 1. The molecule has 116 valence electrons. The molecule has 4 nitrogen and oxygen atoms in total. The maximum atomic E-state index is 12.0. The van der Waals surface area contributed by atoms with Gasteiger partial charge in [0.25, 0.3) is 0 Å². The van der Waals surface area contributed by atoms with Gasteiger partial charge in [-0.15, -0.1) is 0 Å². The molecule has 20 heavy (non-hydrogen) atoms. The van der Waals surface area contributed by atoms with E-state index in [9.17, 15) is 4.79 Å². The lowest BCUT2D eigenvalue weighted by Gasteiger charge is -2.28. The quantitative estimate of drug-likeness (QED) is 0.701. The van der Waals surface area contributed by atoms with Gasteiger partial charge in [-0.05, 0) is 62.2 Å². The fraction of sp³-hybridized carbons (Fsp3) is 0.938. The first-order valence-electron chi connectivity index (χ1n) is 8.18. The van der Waals surface area contributed by atoms with Crippen LogP contribution in [0.2, 0.25) is 0 Å². The van der Waals surface area contributed by atoms with Crippen LogP contribution in [0.1, 0.15) is 58.8 Å². The summed E-state index contributed by atoms with van der Waals surface area (Å²) in [6.07, 6.45) is 7.78. The first kappa shape index (κ1) is 15.6. The molecule has 0 atom stereocenters. The zero-order valence-corrected chi connectivity index (χ0v) is 13.0. The zero-order chi connectivity index (χ0) is 14.6. The molecule has 4 heteroatoms. The van der Waals surface area contributed by atoms with E-state index in [4.69, 9.17) is 5.11 Å². The van der Waals surface area contributed by atoms with Crippen molar-refractivity contribution in [1.82, 2.24) is 10.6 Å². The summed E-state index contributed by atoms with van der Waals surface area (Å²) in [5.41, 5.74) is 0.389. The number of hydrogen-bond donors (Lipinski definition) is 3. The van der Waals surface area contributed by atoms with E-state index < -0.39 is 0 Å². The van der Waals surface area contributed by atoms with Crippen LogP contribution in [0.15, 0.2) is 0 Å². The van der Waals surface area contributed by atoms with Gasteiger partial charge < -0.3 is 15.7 Å². The second-order valence-corrected chi connectivity index (χ2v) is 7.33. The average Bonchev–Trinajstić information content (AvgIpc) is 3.17. The third-order valence-corrected chi connectivity index (χ3v) is 4.86. The molecule has 2 rings (SSSR count). The highest BCUT2D eigenvalue weighted by Gasteiger charge is 2.42.